The molecule has 0 atom stereocenters. The van der Waals surface area contributed by atoms with E-state index in [4.69, 9.17) is 4.98 Å². The number of aromatic amines is 1. The number of amides is 2. The first kappa shape index (κ1) is 21.7. The highest BCUT2D eigenvalue weighted by Gasteiger charge is 2.21. The van der Waals surface area contributed by atoms with Gasteiger partial charge in [-0.25, -0.2) is 4.98 Å². The van der Waals surface area contributed by atoms with Crippen LogP contribution >= 0.6 is 0 Å². The first-order chi connectivity index (χ1) is 16.2. The van der Waals surface area contributed by atoms with Crippen LogP contribution in [-0.4, -0.2) is 27.8 Å². The van der Waals surface area contributed by atoms with Crippen LogP contribution in [0.2, 0.25) is 0 Å². The van der Waals surface area contributed by atoms with E-state index in [1.54, 1.807) is 0 Å². The van der Waals surface area contributed by atoms with E-state index in [1.807, 2.05) is 42.5 Å². The molecule has 5 rings (SSSR count). The van der Waals surface area contributed by atoms with Gasteiger partial charge >= 0.3 is 0 Å². The van der Waals surface area contributed by atoms with E-state index in [9.17, 15) is 9.59 Å². The molecule has 0 saturated heterocycles. The lowest BCUT2D eigenvalue weighted by Crippen LogP contribution is -2.36. The summed E-state index contributed by atoms with van der Waals surface area (Å²) in [7, 11) is 0. The highest BCUT2D eigenvalue weighted by atomic mass is 16.2. The minimum atomic E-state index is -0.00333. The average Bonchev–Trinajstić information content (AvgIpc) is 3.29. The third kappa shape index (κ3) is 5.10. The van der Waals surface area contributed by atoms with E-state index in [0.717, 1.165) is 66.6 Å². The van der Waals surface area contributed by atoms with Crippen molar-refractivity contribution in [1.29, 1.82) is 0 Å². The van der Waals surface area contributed by atoms with Crippen LogP contribution in [0, 0.1) is 5.92 Å². The maximum atomic E-state index is 12.6. The summed E-state index contributed by atoms with van der Waals surface area (Å²) in [5.41, 5.74) is 4.11. The summed E-state index contributed by atoms with van der Waals surface area (Å²) in [5.74, 6) is 0.987. The Bertz CT molecular complexity index is 1120. The molecule has 172 valence electrons. The van der Waals surface area contributed by atoms with Crippen molar-refractivity contribution in [1.82, 2.24) is 15.3 Å². The summed E-state index contributed by atoms with van der Waals surface area (Å²) < 4.78 is 0. The van der Waals surface area contributed by atoms with Gasteiger partial charge in [0.1, 0.15) is 5.82 Å². The Hall–Kier alpha value is -3.15. The fourth-order valence-electron chi connectivity index (χ4n) is 5.12. The van der Waals surface area contributed by atoms with Gasteiger partial charge in [0.15, 0.2) is 0 Å². The Morgan fingerprint density at radius 1 is 0.848 bits per heavy atom. The van der Waals surface area contributed by atoms with Gasteiger partial charge in [0, 0.05) is 28.8 Å². The number of hydrogen-bond acceptors (Lipinski definition) is 3. The van der Waals surface area contributed by atoms with Gasteiger partial charge in [0.25, 0.3) is 5.91 Å². The van der Waals surface area contributed by atoms with Crippen molar-refractivity contribution in [3.05, 3.63) is 48.0 Å². The second-order valence-corrected chi connectivity index (χ2v) is 9.53. The molecule has 0 radical (unpaired) electrons. The van der Waals surface area contributed by atoms with Crippen LogP contribution in [0.1, 0.15) is 74.6 Å². The van der Waals surface area contributed by atoms with Crippen LogP contribution in [-0.2, 0) is 4.79 Å². The quantitative estimate of drug-likeness (QED) is 0.464. The molecule has 2 amide bonds. The molecule has 0 bridgehead atoms. The zero-order valence-electron chi connectivity index (χ0n) is 19.0. The van der Waals surface area contributed by atoms with Crippen molar-refractivity contribution >= 4 is 28.5 Å². The van der Waals surface area contributed by atoms with E-state index in [2.05, 4.69) is 15.6 Å². The largest absolute Gasteiger partial charge is 0.349 e. The third-order valence-corrected chi connectivity index (χ3v) is 7.09. The molecule has 2 saturated carbocycles. The molecule has 0 unspecified atom stereocenters. The minimum absolute atomic E-state index is 0.00333. The lowest BCUT2D eigenvalue weighted by molar-refractivity contribution is -0.120. The normalized spacial score (nSPS) is 17.7. The first-order valence-electron chi connectivity index (χ1n) is 12.4. The zero-order chi connectivity index (χ0) is 22.6. The van der Waals surface area contributed by atoms with Crippen LogP contribution in [0.25, 0.3) is 22.4 Å². The number of hydrogen-bond donors (Lipinski definition) is 3. The van der Waals surface area contributed by atoms with Gasteiger partial charge in [-0.1, -0.05) is 50.7 Å². The van der Waals surface area contributed by atoms with E-state index < -0.39 is 0 Å². The number of benzene rings is 2. The van der Waals surface area contributed by atoms with Crippen molar-refractivity contribution in [3.8, 4) is 11.4 Å². The summed E-state index contributed by atoms with van der Waals surface area (Å²) in [5, 5.41) is 6.23. The van der Waals surface area contributed by atoms with Gasteiger partial charge in [-0.15, -0.1) is 0 Å². The van der Waals surface area contributed by atoms with Crippen molar-refractivity contribution < 1.29 is 9.59 Å². The fourth-order valence-corrected chi connectivity index (χ4v) is 5.12. The molecule has 6 nitrogen and oxygen atoms in total. The predicted molar refractivity (Wildman–Crippen MR) is 131 cm³/mol. The topological polar surface area (TPSA) is 86.9 Å². The first-order valence-corrected chi connectivity index (χ1v) is 12.4. The van der Waals surface area contributed by atoms with Gasteiger partial charge in [-0.2, -0.15) is 0 Å². The molecule has 2 aromatic carbocycles. The standard InChI is InChI=1S/C27H32N4O2/c32-26(19-7-3-1-4-8-19)29-22-15-16-23-24(17-22)31-25(30-23)18-11-13-20(14-12-18)27(33)28-21-9-5-2-6-10-21/h11-17,19,21H,1-10H2,(H,28,33)(H,29,32)(H,30,31). The summed E-state index contributed by atoms with van der Waals surface area (Å²) in [6.45, 7) is 0. The Morgan fingerprint density at radius 2 is 1.55 bits per heavy atom. The molecule has 3 aromatic rings. The van der Waals surface area contributed by atoms with Crippen LogP contribution in [0.4, 0.5) is 5.69 Å². The summed E-state index contributed by atoms with van der Waals surface area (Å²) in [6, 6.07) is 13.7. The monoisotopic (exact) mass is 444 g/mol. The lowest BCUT2D eigenvalue weighted by atomic mass is 9.88. The van der Waals surface area contributed by atoms with Gasteiger partial charge in [-0.3, -0.25) is 9.59 Å². The number of anilines is 1. The highest BCUT2D eigenvalue weighted by molar-refractivity contribution is 5.96. The molecule has 0 aliphatic heterocycles. The van der Waals surface area contributed by atoms with E-state index in [1.165, 1.54) is 25.7 Å². The van der Waals surface area contributed by atoms with Crippen LogP contribution in [0.15, 0.2) is 42.5 Å². The molecule has 1 heterocycles. The van der Waals surface area contributed by atoms with Crippen LogP contribution in [0.5, 0.6) is 0 Å². The third-order valence-electron chi connectivity index (χ3n) is 7.09. The smallest absolute Gasteiger partial charge is 0.251 e. The Balaban J connectivity index is 1.26. The molecule has 6 heteroatoms. The number of rotatable bonds is 5. The number of nitrogens with one attached hydrogen (secondary N) is 3. The molecule has 1 aromatic heterocycles. The fraction of sp³-hybridized carbons (Fsp3) is 0.444. The Kier molecular flexibility index (Phi) is 6.42. The Morgan fingerprint density at radius 3 is 2.27 bits per heavy atom. The number of nitrogens with zero attached hydrogens (tertiary/aromatic N) is 1. The minimum Gasteiger partial charge on any atom is -0.349 e. The number of carbonyl (C=O) groups is 2. The Labute approximate surface area is 194 Å². The van der Waals surface area contributed by atoms with Crippen LogP contribution in [0.3, 0.4) is 0 Å². The number of H-pyrrole nitrogens is 1. The lowest BCUT2D eigenvalue weighted by Gasteiger charge is -2.22. The maximum absolute atomic E-state index is 12.6. The van der Waals surface area contributed by atoms with Gasteiger partial charge in [-0.05, 0) is 56.0 Å². The second-order valence-electron chi connectivity index (χ2n) is 9.53. The number of carbonyl (C=O) groups excluding carboxylic acids is 2. The van der Waals surface area contributed by atoms with Crippen LogP contribution < -0.4 is 10.6 Å². The molecular weight excluding hydrogens is 412 g/mol. The van der Waals surface area contributed by atoms with E-state index in [-0.39, 0.29) is 17.7 Å². The average molecular weight is 445 g/mol. The number of fused-ring (bicyclic) bond motifs is 1. The van der Waals surface area contributed by atoms with Gasteiger partial charge in [0.2, 0.25) is 5.91 Å². The number of aromatic nitrogens is 2. The van der Waals surface area contributed by atoms with E-state index in [0.29, 0.717) is 11.6 Å². The van der Waals surface area contributed by atoms with Crippen molar-refractivity contribution in [2.24, 2.45) is 5.92 Å². The van der Waals surface area contributed by atoms with Crippen molar-refractivity contribution in [3.63, 3.8) is 0 Å². The number of imidazole rings is 1. The molecule has 2 fully saturated rings. The molecule has 0 spiro atoms. The predicted octanol–water partition coefficient (Wildman–Crippen LogP) is 5.81. The highest BCUT2D eigenvalue weighted by Crippen LogP contribution is 2.27. The summed E-state index contributed by atoms with van der Waals surface area (Å²) in [6.07, 6.45) is 11.3. The summed E-state index contributed by atoms with van der Waals surface area (Å²) >= 11 is 0. The SMILES string of the molecule is O=C(NC1CCCCC1)c1ccc(-c2nc3cc(NC(=O)C4CCCCC4)ccc3[nH]2)cc1. The molecule has 2 aliphatic rings. The molecule has 2 aliphatic carbocycles. The molecular formula is C27H32N4O2. The molecule has 3 N–H and O–H groups in total. The maximum Gasteiger partial charge on any atom is 0.251 e. The van der Waals surface area contributed by atoms with Crippen molar-refractivity contribution in [2.75, 3.05) is 5.32 Å². The van der Waals surface area contributed by atoms with Gasteiger partial charge in [0.05, 0.1) is 11.0 Å². The van der Waals surface area contributed by atoms with Crippen molar-refractivity contribution in [2.45, 2.75) is 70.3 Å². The zero-order valence-corrected chi connectivity index (χ0v) is 19.0. The second kappa shape index (κ2) is 9.77. The summed E-state index contributed by atoms with van der Waals surface area (Å²) in [4.78, 5) is 33.2. The molecule has 33 heavy (non-hydrogen) atoms. The van der Waals surface area contributed by atoms with E-state index >= 15 is 0 Å². The van der Waals surface area contributed by atoms with Gasteiger partial charge < -0.3 is 15.6 Å².